The van der Waals surface area contributed by atoms with E-state index in [9.17, 15) is 4.79 Å². The van der Waals surface area contributed by atoms with Crippen LogP contribution in [0.5, 0.6) is 0 Å². The number of carbonyl (C=O) groups excluding carboxylic acids is 1. The van der Waals surface area contributed by atoms with E-state index in [2.05, 4.69) is 48.4 Å². The first-order valence-corrected chi connectivity index (χ1v) is 8.40. The van der Waals surface area contributed by atoms with Crippen molar-refractivity contribution < 1.29 is 4.79 Å². The monoisotopic (exact) mass is 318 g/mol. The molecule has 0 aliphatic carbocycles. The number of hydrogen-bond donors (Lipinski definition) is 1. The first-order valence-electron chi connectivity index (χ1n) is 7.41. The molecule has 0 saturated carbocycles. The van der Waals surface area contributed by atoms with Gasteiger partial charge < -0.3 is 9.88 Å². The molecular formula is C16H22N4OS. The van der Waals surface area contributed by atoms with Crippen molar-refractivity contribution in [3.63, 3.8) is 0 Å². The van der Waals surface area contributed by atoms with Gasteiger partial charge in [0.2, 0.25) is 5.91 Å². The smallest absolute Gasteiger partial charge is 0.230 e. The topological polar surface area (TPSA) is 59.8 Å². The highest BCUT2D eigenvalue weighted by Crippen LogP contribution is 2.18. The van der Waals surface area contributed by atoms with Crippen LogP contribution in [-0.2, 0) is 11.2 Å². The molecule has 0 aliphatic rings. The molecule has 0 saturated heterocycles. The van der Waals surface area contributed by atoms with Gasteiger partial charge in [-0.3, -0.25) is 4.79 Å². The molecule has 0 spiro atoms. The van der Waals surface area contributed by atoms with Gasteiger partial charge in [0.1, 0.15) is 6.33 Å². The van der Waals surface area contributed by atoms with Gasteiger partial charge in [-0.2, -0.15) is 0 Å². The second-order valence-electron chi connectivity index (χ2n) is 5.43. The number of carbonyl (C=O) groups is 1. The predicted molar refractivity (Wildman–Crippen MR) is 89.0 cm³/mol. The molecule has 22 heavy (non-hydrogen) atoms. The van der Waals surface area contributed by atoms with Crippen LogP contribution < -0.4 is 5.32 Å². The van der Waals surface area contributed by atoms with Gasteiger partial charge in [-0.05, 0) is 38.3 Å². The summed E-state index contributed by atoms with van der Waals surface area (Å²) in [6.07, 6.45) is 2.55. The molecule has 0 aliphatic heterocycles. The first-order chi connectivity index (χ1) is 10.6. The second kappa shape index (κ2) is 7.98. The molecule has 1 amide bonds. The lowest BCUT2D eigenvalue weighted by molar-refractivity contribution is -0.118. The highest BCUT2D eigenvalue weighted by Gasteiger charge is 2.10. The molecule has 0 radical (unpaired) electrons. The molecule has 6 heteroatoms. The van der Waals surface area contributed by atoms with Crippen LogP contribution in [0.1, 0.15) is 31.0 Å². The Bertz CT molecular complexity index is 624. The van der Waals surface area contributed by atoms with Crippen LogP contribution in [0.25, 0.3) is 0 Å². The number of aryl methyl sites for hydroxylation is 1. The number of hydrogen-bond acceptors (Lipinski definition) is 4. The molecule has 1 N–H and O–H groups in total. The number of thioether (sulfide) groups is 1. The average molecular weight is 318 g/mol. The molecular weight excluding hydrogens is 296 g/mol. The van der Waals surface area contributed by atoms with E-state index in [1.165, 1.54) is 22.9 Å². The molecule has 1 aromatic carbocycles. The highest BCUT2D eigenvalue weighted by atomic mass is 32.2. The quantitative estimate of drug-likeness (QED) is 0.797. The third-order valence-corrected chi connectivity index (χ3v) is 4.36. The van der Waals surface area contributed by atoms with Crippen LogP contribution in [0.15, 0.2) is 35.7 Å². The summed E-state index contributed by atoms with van der Waals surface area (Å²) in [5, 5.41) is 11.7. The molecule has 5 nitrogen and oxygen atoms in total. The SMILES string of the molecule is Cc1ccccc1CCNC(=O)CSc1nncn1C(C)C. The summed E-state index contributed by atoms with van der Waals surface area (Å²) < 4.78 is 1.96. The summed E-state index contributed by atoms with van der Waals surface area (Å²) in [6.45, 7) is 6.87. The molecule has 2 rings (SSSR count). The van der Waals surface area contributed by atoms with Crippen molar-refractivity contribution in [3.05, 3.63) is 41.7 Å². The van der Waals surface area contributed by atoms with Gasteiger partial charge in [0.05, 0.1) is 5.75 Å². The largest absolute Gasteiger partial charge is 0.355 e. The van der Waals surface area contributed by atoms with Crippen molar-refractivity contribution in [3.8, 4) is 0 Å². The van der Waals surface area contributed by atoms with Crippen molar-refractivity contribution in [1.29, 1.82) is 0 Å². The predicted octanol–water partition coefficient (Wildman–Crippen LogP) is 2.62. The maximum absolute atomic E-state index is 11.9. The zero-order chi connectivity index (χ0) is 15.9. The molecule has 1 aromatic heterocycles. The maximum atomic E-state index is 11.9. The van der Waals surface area contributed by atoms with Gasteiger partial charge in [-0.25, -0.2) is 0 Å². The Morgan fingerprint density at radius 3 is 2.86 bits per heavy atom. The Balaban J connectivity index is 1.74. The number of nitrogens with one attached hydrogen (secondary N) is 1. The summed E-state index contributed by atoms with van der Waals surface area (Å²) in [5.41, 5.74) is 2.53. The molecule has 1 heterocycles. The Hall–Kier alpha value is -1.82. The van der Waals surface area contributed by atoms with E-state index in [0.717, 1.165) is 11.6 Å². The van der Waals surface area contributed by atoms with Gasteiger partial charge in [-0.1, -0.05) is 36.0 Å². The Labute approximate surface area is 135 Å². The third-order valence-electron chi connectivity index (χ3n) is 3.41. The van der Waals surface area contributed by atoms with E-state index >= 15 is 0 Å². The van der Waals surface area contributed by atoms with Gasteiger partial charge in [0, 0.05) is 12.6 Å². The van der Waals surface area contributed by atoms with E-state index in [0.29, 0.717) is 18.3 Å². The number of rotatable bonds is 7. The Kier molecular flexibility index (Phi) is 6.00. The van der Waals surface area contributed by atoms with Crippen molar-refractivity contribution in [2.24, 2.45) is 0 Å². The van der Waals surface area contributed by atoms with E-state index in [-0.39, 0.29) is 5.91 Å². The van der Waals surface area contributed by atoms with E-state index in [1.54, 1.807) is 6.33 Å². The van der Waals surface area contributed by atoms with Gasteiger partial charge >= 0.3 is 0 Å². The maximum Gasteiger partial charge on any atom is 0.230 e. The lowest BCUT2D eigenvalue weighted by Gasteiger charge is -2.10. The van der Waals surface area contributed by atoms with Crippen LogP contribution in [0.3, 0.4) is 0 Å². The minimum atomic E-state index is 0.0249. The lowest BCUT2D eigenvalue weighted by Crippen LogP contribution is -2.27. The van der Waals surface area contributed by atoms with Crippen LogP contribution in [0, 0.1) is 6.92 Å². The minimum absolute atomic E-state index is 0.0249. The summed E-state index contributed by atoms with van der Waals surface area (Å²) >= 11 is 1.42. The van der Waals surface area contributed by atoms with Crippen LogP contribution in [0.2, 0.25) is 0 Å². The third kappa shape index (κ3) is 4.59. The van der Waals surface area contributed by atoms with Gasteiger partial charge in [0.25, 0.3) is 0 Å². The number of benzene rings is 1. The fourth-order valence-electron chi connectivity index (χ4n) is 2.10. The molecule has 118 valence electrons. The molecule has 0 unspecified atom stereocenters. The molecule has 0 bridgehead atoms. The standard InChI is InChI=1S/C16H22N4OS/c1-12(2)20-11-18-19-16(20)22-10-15(21)17-9-8-14-7-5-4-6-13(14)3/h4-7,11-12H,8-10H2,1-3H3,(H,17,21). The zero-order valence-corrected chi connectivity index (χ0v) is 14.1. The minimum Gasteiger partial charge on any atom is -0.355 e. The van der Waals surface area contributed by atoms with Crippen LogP contribution in [0.4, 0.5) is 0 Å². The molecule has 0 atom stereocenters. The Morgan fingerprint density at radius 1 is 1.36 bits per heavy atom. The van der Waals surface area contributed by atoms with Crippen LogP contribution >= 0.6 is 11.8 Å². The van der Waals surface area contributed by atoms with Crippen molar-refractivity contribution in [1.82, 2.24) is 20.1 Å². The summed E-state index contributed by atoms with van der Waals surface area (Å²) in [4.78, 5) is 11.9. The van der Waals surface area contributed by atoms with Crippen molar-refractivity contribution in [2.45, 2.75) is 38.4 Å². The summed E-state index contributed by atoms with van der Waals surface area (Å²) in [7, 11) is 0. The normalized spacial score (nSPS) is 10.9. The Morgan fingerprint density at radius 2 is 2.14 bits per heavy atom. The summed E-state index contributed by atoms with van der Waals surface area (Å²) in [6, 6.07) is 8.53. The first kappa shape index (κ1) is 16.5. The van der Waals surface area contributed by atoms with E-state index in [4.69, 9.17) is 0 Å². The van der Waals surface area contributed by atoms with Crippen molar-refractivity contribution >= 4 is 17.7 Å². The zero-order valence-electron chi connectivity index (χ0n) is 13.2. The highest BCUT2D eigenvalue weighted by molar-refractivity contribution is 7.99. The van der Waals surface area contributed by atoms with Gasteiger partial charge in [-0.15, -0.1) is 10.2 Å². The van der Waals surface area contributed by atoms with Crippen LogP contribution in [-0.4, -0.2) is 33.0 Å². The van der Waals surface area contributed by atoms with Crippen molar-refractivity contribution in [2.75, 3.05) is 12.3 Å². The number of amides is 1. The van der Waals surface area contributed by atoms with Gasteiger partial charge in [0.15, 0.2) is 5.16 Å². The van der Waals surface area contributed by atoms with E-state index in [1.807, 2.05) is 16.7 Å². The fourth-order valence-corrected chi connectivity index (χ4v) is 2.97. The molecule has 2 aromatic rings. The summed E-state index contributed by atoms with van der Waals surface area (Å²) in [5.74, 6) is 0.385. The van der Waals surface area contributed by atoms with E-state index < -0.39 is 0 Å². The molecule has 0 fully saturated rings. The number of nitrogens with zero attached hydrogens (tertiary/aromatic N) is 3. The lowest BCUT2D eigenvalue weighted by atomic mass is 10.1. The second-order valence-corrected chi connectivity index (χ2v) is 6.37. The fraction of sp³-hybridized carbons (Fsp3) is 0.438. The number of aromatic nitrogens is 3. The average Bonchev–Trinajstić information content (AvgIpc) is 2.96.